The lowest BCUT2D eigenvalue weighted by molar-refractivity contribution is 0.0930. The van der Waals surface area contributed by atoms with Crippen LogP contribution < -0.4 is 25.6 Å². The first-order chi connectivity index (χ1) is 14.1. The summed E-state index contributed by atoms with van der Waals surface area (Å²) in [5.41, 5.74) is 5.71. The van der Waals surface area contributed by atoms with E-state index in [4.69, 9.17) is 21.7 Å². The molecule has 0 saturated heterocycles. The third-order valence-corrected chi connectivity index (χ3v) is 3.91. The number of carbonyl (C=O) groups excluding carboxylic acids is 2. The zero-order valence-corrected chi connectivity index (χ0v) is 17.3. The summed E-state index contributed by atoms with van der Waals surface area (Å²) in [6.07, 6.45) is 1.65. The van der Waals surface area contributed by atoms with Crippen molar-refractivity contribution < 1.29 is 19.1 Å². The molecule has 8 heteroatoms. The van der Waals surface area contributed by atoms with Crippen LogP contribution in [-0.4, -0.2) is 30.1 Å². The van der Waals surface area contributed by atoms with Crippen LogP contribution in [0.3, 0.4) is 0 Å². The van der Waals surface area contributed by atoms with Gasteiger partial charge in [-0.25, -0.2) is 0 Å². The highest BCUT2D eigenvalue weighted by Crippen LogP contribution is 2.19. The number of hydrazine groups is 1. The number of amides is 2. The summed E-state index contributed by atoms with van der Waals surface area (Å²) in [6, 6.07) is 13.8. The summed E-state index contributed by atoms with van der Waals surface area (Å²) in [4.78, 5) is 24.9. The Labute approximate surface area is 175 Å². The summed E-state index contributed by atoms with van der Waals surface area (Å²) in [5.74, 6) is 0.0846. The summed E-state index contributed by atoms with van der Waals surface area (Å²) in [7, 11) is 0. The van der Waals surface area contributed by atoms with Crippen LogP contribution in [0.4, 0.5) is 0 Å². The lowest BCUT2D eigenvalue weighted by atomic mass is 10.2. The van der Waals surface area contributed by atoms with Gasteiger partial charge in [0, 0.05) is 0 Å². The van der Waals surface area contributed by atoms with E-state index in [1.807, 2.05) is 13.8 Å². The Morgan fingerprint density at radius 1 is 0.793 bits per heavy atom. The van der Waals surface area contributed by atoms with Gasteiger partial charge in [-0.05, 0) is 49.3 Å². The van der Waals surface area contributed by atoms with Gasteiger partial charge in [-0.2, -0.15) is 0 Å². The number of ether oxygens (including phenoxy) is 2. The molecule has 0 heterocycles. The quantitative estimate of drug-likeness (QED) is 0.453. The molecule has 0 atom stereocenters. The van der Waals surface area contributed by atoms with Gasteiger partial charge in [-0.1, -0.05) is 38.1 Å². The molecule has 0 spiro atoms. The predicted molar refractivity (Wildman–Crippen MR) is 115 cm³/mol. The lowest BCUT2D eigenvalue weighted by Crippen LogP contribution is -2.48. The molecule has 0 aliphatic carbocycles. The Kier molecular flexibility index (Phi) is 8.91. The largest absolute Gasteiger partial charge is 0.493 e. The predicted octanol–water partition coefficient (Wildman–Crippen LogP) is 3.21. The van der Waals surface area contributed by atoms with Crippen LogP contribution in [0.15, 0.2) is 48.5 Å². The van der Waals surface area contributed by atoms with Crippen molar-refractivity contribution in [3.63, 3.8) is 0 Å². The van der Waals surface area contributed by atoms with Crippen LogP contribution in [0.2, 0.25) is 0 Å². The summed E-state index contributed by atoms with van der Waals surface area (Å²) < 4.78 is 11.2. The number of para-hydroxylation sites is 2. The fraction of sp³-hybridized carbons (Fsp3) is 0.286. The van der Waals surface area contributed by atoms with E-state index in [-0.39, 0.29) is 5.11 Å². The SMILES string of the molecule is CCCOc1ccccc1C(=O)NNC(=S)NC(=O)c1ccccc1OCCC. The van der Waals surface area contributed by atoms with Crippen molar-refractivity contribution in [1.29, 1.82) is 0 Å². The maximum absolute atomic E-state index is 12.5. The Morgan fingerprint density at radius 3 is 1.79 bits per heavy atom. The third kappa shape index (κ3) is 6.76. The van der Waals surface area contributed by atoms with Crippen LogP contribution in [0.5, 0.6) is 11.5 Å². The number of carbonyl (C=O) groups is 2. The van der Waals surface area contributed by atoms with Gasteiger partial charge in [0.15, 0.2) is 5.11 Å². The Bertz CT molecular complexity index is 857. The minimum Gasteiger partial charge on any atom is -0.493 e. The van der Waals surface area contributed by atoms with Gasteiger partial charge in [0.1, 0.15) is 11.5 Å². The number of hydrogen-bond acceptors (Lipinski definition) is 5. The molecule has 2 amide bonds. The van der Waals surface area contributed by atoms with Gasteiger partial charge in [-0.3, -0.25) is 25.8 Å². The molecule has 3 N–H and O–H groups in total. The molecule has 0 aromatic heterocycles. The molecule has 0 aliphatic rings. The molecule has 2 aromatic carbocycles. The molecule has 0 radical (unpaired) electrons. The van der Waals surface area contributed by atoms with Crippen LogP contribution in [0.1, 0.15) is 47.4 Å². The smallest absolute Gasteiger partial charge is 0.273 e. The molecule has 29 heavy (non-hydrogen) atoms. The third-order valence-electron chi connectivity index (χ3n) is 3.70. The molecule has 7 nitrogen and oxygen atoms in total. The van der Waals surface area contributed by atoms with E-state index >= 15 is 0 Å². The first-order valence-electron chi connectivity index (χ1n) is 9.42. The number of hydrogen-bond donors (Lipinski definition) is 3. The average Bonchev–Trinajstić information content (AvgIpc) is 2.74. The van der Waals surface area contributed by atoms with Crippen LogP contribution in [-0.2, 0) is 0 Å². The van der Waals surface area contributed by atoms with E-state index in [9.17, 15) is 9.59 Å². The molecular formula is C21H25N3O4S. The lowest BCUT2D eigenvalue weighted by Gasteiger charge is -2.14. The highest BCUT2D eigenvalue weighted by molar-refractivity contribution is 7.80. The van der Waals surface area contributed by atoms with Crippen LogP contribution >= 0.6 is 12.2 Å². The molecule has 0 bridgehead atoms. The summed E-state index contributed by atoms with van der Waals surface area (Å²) >= 11 is 5.10. The molecule has 0 saturated carbocycles. The molecule has 2 rings (SSSR count). The topological polar surface area (TPSA) is 88.7 Å². The van der Waals surface area contributed by atoms with E-state index in [1.54, 1.807) is 48.5 Å². The van der Waals surface area contributed by atoms with Crippen LogP contribution in [0, 0.1) is 0 Å². The van der Waals surface area contributed by atoms with Gasteiger partial charge in [-0.15, -0.1) is 0 Å². The minimum absolute atomic E-state index is 0.0411. The van der Waals surface area contributed by atoms with Gasteiger partial charge in [0.25, 0.3) is 11.8 Å². The zero-order valence-electron chi connectivity index (χ0n) is 16.5. The average molecular weight is 416 g/mol. The van der Waals surface area contributed by atoms with Crippen LogP contribution in [0.25, 0.3) is 0 Å². The van der Waals surface area contributed by atoms with E-state index < -0.39 is 11.8 Å². The van der Waals surface area contributed by atoms with E-state index in [0.29, 0.717) is 35.8 Å². The van der Waals surface area contributed by atoms with Gasteiger partial charge < -0.3 is 9.47 Å². The monoisotopic (exact) mass is 415 g/mol. The van der Waals surface area contributed by atoms with Gasteiger partial charge in [0.2, 0.25) is 0 Å². The normalized spacial score (nSPS) is 10.0. The maximum Gasteiger partial charge on any atom is 0.273 e. The first kappa shape index (κ1) is 22.2. The van der Waals surface area contributed by atoms with Crippen molar-refractivity contribution in [2.75, 3.05) is 13.2 Å². The van der Waals surface area contributed by atoms with Crippen molar-refractivity contribution in [3.05, 3.63) is 59.7 Å². The molecule has 0 fully saturated rings. The number of benzene rings is 2. The molecular weight excluding hydrogens is 390 g/mol. The Balaban J connectivity index is 1.93. The second kappa shape index (κ2) is 11.7. The van der Waals surface area contributed by atoms with Crippen molar-refractivity contribution in [2.45, 2.75) is 26.7 Å². The fourth-order valence-corrected chi connectivity index (χ4v) is 2.51. The molecule has 0 unspecified atom stereocenters. The van der Waals surface area contributed by atoms with Gasteiger partial charge >= 0.3 is 0 Å². The van der Waals surface area contributed by atoms with Crippen molar-refractivity contribution in [1.82, 2.24) is 16.2 Å². The minimum atomic E-state index is -0.435. The second-order valence-corrected chi connectivity index (χ2v) is 6.46. The number of thiocarbonyl (C=S) groups is 1. The molecule has 154 valence electrons. The van der Waals surface area contributed by atoms with E-state index in [1.165, 1.54) is 0 Å². The van der Waals surface area contributed by atoms with E-state index in [2.05, 4.69) is 16.2 Å². The van der Waals surface area contributed by atoms with E-state index in [0.717, 1.165) is 12.8 Å². The number of rotatable bonds is 8. The van der Waals surface area contributed by atoms with Crippen molar-refractivity contribution in [2.24, 2.45) is 0 Å². The second-order valence-electron chi connectivity index (χ2n) is 6.05. The molecule has 0 aliphatic heterocycles. The summed E-state index contributed by atoms with van der Waals surface area (Å²) in [5, 5.41) is 2.48. The molecule has 2 aromatic rings. The number of nitrogens with one attached hydrogen (secondary N) is 3. The Hall–Kier alpha value is -3.13. The Morgan fingerprint density at radius 2 is 1.28 bits per heavy atom. The standard InChI is InChI=1S/C21H25N3O4S/c1-3-13-27-17-11-7-5-9-15(17)19(25)22-21(29)24-23-20(26)16-10-6-8-12-18(16)28-14-4-2/h5-12H,3-4,13-14H2,1-2H3,(H,23,26)(H2,22,24,25,29). The maximum atomic E-state index is 12.5. The zero-order chi connectivity index (χ0) is 21.1. The fourth-order valence-electron chi connectivity index (χ4n) is 2.37. The van der Waals surface area contributed by atoms with Gasteiger partial charge in [0.05, 0.1) is 24.3 Å². The highest BCUT2D eigenvalue weighted by atomic mass is 32.1. The highest BCUT2D eigenvalue weighted by Gasteiger charge is 2.15. The van der Waals surface area contributed by atoms with Crippen molar-refractivity contribution in [3.8, 4) is 11.5 Å². The first-order valence-corrected chi connectivity index (χ1v) is 9.83. The van der Waals surface area contributed by atoms with Crippen molar-refractivity contribution >= 4 is 29.1 Å². The summed E-state index contributed by atoms with van der Waals surface area (Å²) in [6.45, 7) is 4.97.